The van der Waals surface area contributed by atoms with Crippen LogP contribution in [-0.2, 0) is 6.42 Å². The van der Waals surface area contributed by atoms with Gasteiger partial charge in [0.05, 0.1) is 26.5 Å². The Labute approximate surface area is 215 Å². The molecule has 5 rings (SSSR count). The van der Waals surface area contributed by atoms with Crippen molar-refractivity contribution in [3.8, 4) is 28.6 Å². The number of hydrogen-bond acceptors (Lipinski definition) is 5. The zero-order valence-corrected chi connectivity index (χ0v) is 20.7. The number of aromatic amines is 1. The van der Waals surface area contributed by atoms with Gasteiger partial charge in [-0.05, 0) is 60.2 Å². The summed E-state index contributed by atoms with van der Waals surface area (Å²) >= 11 is 0. The van der Waals surface area contributed by atoms with E-state index in [0.29, 0.717) is 41.7 Å². The molecular formula is C30H27N3O4. The van der Waals surface area contributed by atoms with E-state index >= 15 is 0 Å². The average Bonchev–Trinajstić information content (AvgIpc) is 3.41. The molecule has 0 spiro atoms. The molecule has 0 saturated heterocycles. The summed E-state index contributed by atoms with van der Waals surface area (Å²) in [5.41, 5.74) is 5.00. The van der Waals surface area contributed by atoms with E-state index in [9.17, 15) is 4.79 Å². The first-order valence-corrected chi connectivity index (χ1v) is 11.9. The van der Waals surface area contributed by atoms with Gasteiger partial charge in [0.15, 0.2) is 11.5 Å². The van der Waals surface area contributed by atoms with Crippen LogP contribution in [0.25, 0.3) is 22.2 Å². The topological polar surface area (TPSA) is 85.5 Å². The zero-order valence-electron chi connectivity index (χ0n) is 20.7. The maximum atomic E-state index is 12.8. The van der Waals surface area contributed by atoms with Crippen LogP contribution in [0.1, 0.15) is 15.9 Å². The number of hydrogen-bond donors (Lipinski definition) is 2. The van der Waals surface area contributed by atoms with E-state index in [2.05, 4.69) is 15.3 Å². The first-order chi connectivity index (χ1) is 18.1. The van der Waals surface area contributed by atoms with Gasteiger partial charge in [-0.25, -0.2) is 4.98 Å². The van der Waals surface area contributed by atoms with Gasteiger partial charge in [-0.3, -0.25) is 4.79 Å². The Morgan fingerprint density at radius 3 is 2.62 bits per heavy atom. The minimum atomic E-state index is -0.166. The van der Waals surface area contributed by atoms with E-state index in [0.717, 1.165) is 27.7 Å². The number of pyridine rings is 1. The molecule has 5 aromatic rings. The van der Waals surface area contributed by atoms with Crippen molar-refractivity contribution >= 4 is 22.5 Å². The van der Waals surface area contributed by atoms with Crippen LogP contribution in [-0.4, -0.2) is 36.7 Å². The molecule has 186 valence electrons. The zero-order chi connectivity index (χ0) is 25.6. The van der Waals surface area contributed by atoms with Gasteiger partial charge < -0.3 is 24.5 Å². The van der Waals surface area contributed by atoms with Crippen LogP contribution >= 0.6 is 0 Å². The highest BCUT2D eigenvalue weighted by atomic mass is 16.5. The van der Waals surface area contributed by atoms with Crippen LogP contribution in [0.2, 0.25) is 0 Å². The van der Waals surface area contributed by atoms with Crippen molar-refractivity contribution in [1.82, 2.24) is 9.97 Å². The number of anilines is 1. The van der Waals surface area contributed by atoms with Gasteiger partial charge in [0.25, 0.3) is 5.91 Å². The molecule has 1 amide bonds. The van der Waals surface area contributed by atoms with Crippen molar-refractivity contribution in [3.63, 3.8) is 0 Å². The molecule has 37 heavy (non-hydrogen) atoms. The number of benzene rings is 3. The summed E-state index contributed by atoms with van der Waals surface area (Å²) in [6.45, 7) is 0.466. The van der Waals surface area contributed by atoms with Crippen molar-refractivity contribution in [3.05, 3.63) is 102 Å². The Bertz CT molecular complexity index is 1540. The first-order valence-electron chi connectivity index (χ1n) is 11.9. The minimum absolute atomic E-state index is 0.166. The fourth-order valence-corrected chi connectivity index (χ4v) is 4.12. The number of carbonyl (C=O) groups is 1. The van der Waals surface area contributed by atoms with Gasteiger partial charge >= 0.3 is 0 Å². The van der Waals surface area contributed by atoms with E-state index in [1.54, 1.807) is 14.2 Å². The van der Waals surface area contributed by atoms with Crippen LogP contribution in [0, 0.1) is 0 Å². The van der Waals surface area contributed by atoms with Gasteiger partial charge in [0, 0.05) is 46.4 Å². The predicted octanol–water partition coefficient (Wildman–Crippen LogP) is 6.12. The van der Waals surface area contributed by atoms with Gasteiger partial charge in [0.1, 0.15) is 0 Å². The number of nitrogens with one attached hydrogen (secondary N) is 2. The fraction of sp³-hybridized carbons (Fsp3) is 0.133. The molecule has 2 heterocycles. The standard InChI is InChI=1S/C30H27N3O4/c1-35-27-12-9-20(17-28(27)36-2)14-16-37-29-8-4-7-26(33-29)21-5-3-6-24(19-21)32-30(34)23-10-11-25-22(18-23)13-15-31-25/h3-13,15,17-19,31H,14,16H2,1-2H3,(H,32,34). The second-order valence-corrected chi connectivity index (χ2v) is 8.46. The number of aromatic nitrogens is 2. The van der Waals surface area contributed by atoms with Crippen LogP contribution in [0.15, 0.2) is 91.1 Å². The number of amides is 1. The third-order valence-corrected chi connectivity index (χ3v) is 6.04. The van der Waals surface area contributed by atoms with Crippen molar-refractivity contribution in [2.45, 2.75) is 6.42 Å². The number of fused-ring (bicyclic) bond motifs is 1. The van der Waals surface area contributed by atoms with Gasteiger partial charge in [-0.1, -0.05) is 24.3 Å². The van der Waals surface area contributed by atoms with E-state index < -0.39 is 0 Å². The first kappa shape index (κ1) is 23.9. The number of methoxy groups -OCH3 is 2. The van der Waals surface area contributed by atoms with Crippen molar-refractivity contribution in [2.24, 2.45) is 0 Å². The predicted molar refractivity (Wildman–Crippen MR) is 145 cm³/mol. The highest BCUT2D eigenvalue weighted by Gasteiger charge is 2.10. The summed E-state index contributed by atoms with van der Waals surface area (Å²) < 4.78 is 16.6. The van der Waals surface area contributed by atoms with Crippen molar-refractivity contribution in [2.75, 3.05) is 26.1 Å². The molecule has 0 fully saturated rings. The van der Waals surface area contributed by atoms with Crippen LogP contribution in [0.4, 0.5) is 5.69 Å². The third-order valence-electron chi connectivity index (χ3n) is 6.04. The molecule has 0 atom stereocenters. The second-order valence-electron chi connectivity index (χ2n) is 8.46. The lowest BCUT2D eigenvalue weighted by Gasteiger charge is -2.11. The minimum Gasteiger partial charge on any atom is -0.493 e. The lowest BCUT2D eigenvalue weighted by Crippen LogP contribution is -2.11. The van der Waals surface area contributed by atoms with Crippen LogP contribution in [0.5, 0.6) is 17.4 Å². The number of H-pyrrole nitrogens is 1. The molecule has 0 aliphatic carbocycles. The molecule has 7 heteroatoms. The molecule has 3 aromatic carbocycles. The van der Waals surface area contributed by atoms with Gasteiger partial charge in [-0.2, -0.15) is 0 Å². The maximum absolute atomic E-state index is 12.8. The molecule has 2 N–H and O–H groups in total. The molecule has 0 saturated carbocycles. The lowest BCUT2D eigenvalue weighted by atomic mass is 10.1. The van der Waals surface area contributed by atoms with E-state index in [1.807, 2.05) is 91.1 Å². The fourth-order valence-electron chi connectivity index (χ4n) is 4.12. The average molecular weight is 494 g/mol. The lowest BCUT2D eigenvalue weighted by molar-refractivity contribution is 0.102. The summed E-state index contributed by atoms with van der Waals surface area (Å²) in [6.07, 6.45) is 2.55. The summed E-state index contributed by atoms with van der Waals surface area (Å²) in [5.74, 6) is 1.76. The number of rotatable bonds is 9. The maximum Gasteiger partial charge on any atom is 0.255 e. The third kappa shape index (κ3) is 5.56. The second kappa shape index (κ2) is 10.9. The number of nitrogens with zero attached hydrogens (tertiary/aromatic N) is 1. The highest BCUT2D eigenvalue weighted by molar-refractivity contribution is 6.06. The number of ether oxygens (including phenoxy) is 3. The molecule has 0 aliphatic rings. The van der Waals surface area contributed by atoms with E-state index in [-0.39, 0.29) is 5.91 Å². The smallest absolute Gasteiger partial charge is 0.255 e. The van der Waals surface area contributed by atoms with Crippen molar-refractivity contribution in [1.29, 1.82) is 0 Å². The molecule has 7 nitrogen and oxygen atoms in total. The van der Waals surface area contributed by atoms with E-state index in [4.69, 9.17) is 14.2 Å². The summed E-state index contributed by atoms with van der Waals surface area (Å²) in [4.78, 5) is 20.6. The molecule has 0 radical (unpaired) electrons. The summed E-state index contributed by atoms with van der Waals surface area (Å²) in [6, 6.07) is 26.6. The normalized spacial score (nSPS) is 10.8. The largest absolute Gasteiger partial charge is 0.493 e. The Hall–Kier alpha value is -4.78. The highest BCUT2D eigenvalue weighted by Crippen LogP contribution is 2.28. The molecule has 2 aromatic heterocycles. The Balaban J connectivity index is 1.24. The summed E-state index contributed by atoms with van der Waals surface area (Å²) in [7, 11) is 3.24. The molecule has 0 aliphatic heterocycles. The van der Waals surface area contributed by atoms with Crippen LogP contribution < -0.4 is 19.5 Å². The Morgan fingerprint density at radius 1 is 0.892 bits per heavy atom. The Kier molecular flexibility index (Phi) is 7.03. The quantitative estimate of drug-likeness (QED) is 0.258. The molecule has 0 unspecified atom stereocenters. The monoisotopic (exact) mass is 493 g/mol. The van der Waals surface area contributed by atoms with E-state index in [1.165, 1.54) is 0 Å². The van der Waals surface area contributed by atoms with Gasteiger partial charge in [0.2, 0.25) is 5.88 Å². The summed E-state index contributed by atoms with van der Waals surface area (Å²) in [5, 5.41) is 3.98. The molecule has 0 bridgehead atoms. The molecular weight excluding hydrogens is 466 g/mol. The SMILES string of the molecule is COc1ccc(CCOc2cccc(-c3cccc(NC(=O)c4ccc5[nH]ccc5c4)c3)n2)cc1OC. The van der Waals surface area contributed by atoms with Crippen LogP contribution in [0.3, 0.4) is 0 Å². The number of carbonyl (C=O) groups excluding carboxylic acids is 1. The van der Waals surface area contributed by atoms with Crippen molar-refractivity contribution < 1.29 is 19.0 Å². The Morgan fingerprint density at radius 2 is 1.76 bits per heavy atom. The van der Waals surface area contributed by atoms with Gasteiger partial charge in [-0.15, -0.1) is 0 Å².